The molecule has 0 radical (unpaired) electrons. The highest BCUT2D eigenvalue weighted by Crippen LogP contribution is 2.15. The van der Waals surface area contributed by atoms with Crippen molar-refractivity contribution in [2.75, 3.05) is 18.5 Å². The van der Waals surface area contributed by atoms with Gasteiger partial charge in [-0.3, -0.25) is 19.2 Å². The predicted molar refractivity (Wildman–Crippen MR) is 121 cm³/mol. The predicted octanol–water partition coefficient (Wildman–Crippen LogP) is 4.60. The first-order valence-electron chi connectivity index (χ1n) is 10.8. The molecule has 170 valence electrons. The molecule has 32 heavy (non-hydrogen) atoms. The van der Waals surface area contributed by atoms with Crippen LogP contribution < -0.4 is 10.1 Å². The minimum atomic E-state index is -0.613. The molecule has 0 aromatic heterocycles. The molecule has 0 aliphatic carbocycles. The molecule has 0 aliphatic heterocycles. The molecule has 2 aromatic carbocycles. The molecule has 0 aliphatic rings. The largest absolute Gasteiger partial charge is 0.494 e. The third kappa shape index (κ3) is 8.34. The smallest absolute Gasteiger partial charge is 0.306 e. The molecule has 1 amide bonds. The minimum absolute atomic E-state index is 0.00561. The highest BCUT2D eigenvalue weighted by molar-refractivity contribution is 6.00. The molecule has 7 heteroatoms. The average Bonchev–Trinajstić information content (AvgIpc) is 2.80. The quantitative estimate of drug-likeness (QED) is 0.362. The molecule has 2 aromatic rings. The van der Waals surface area contributed by atoms with Crippen molar-refractivity contribution in [3.05, 3.63) is 59.7 Å². The first kappa shape index (κ1) is 24.8. The van der Waals surface area contributed by atoms with Gasteiger partial charge in [0, 0.05) is 29.7 Å². The number of ether oxygens (including phenoxy) is 2. The maximum absolute atomic E-state index is 12.2. The fraction of sp³-hybridized carbons (Fsp3) is 0.360. The van der Waals surface area contributed by atoms with Crippen LogP contribution in [0.15, 0.2) is 48.5 Å². The lowest BCUT2D eigenvalue weighted by Crippen LogP contribution is -2.15. The van der Waals surface area contributed by atoms with Gasteiger partial charge in [-0.1, -0.05) is 13.8 Å². The van der Waals surface area contributed by atoms with E-state index < -0.39 is 12.6 Å². The number of carbonyl (C=O) groups excluding carboxylic acids is 4. The lowest BCUT2D eigenvalue weighted by Gasteiger charge is -2.07. The van der Waals surface area contributed by atoms with Crippen molar-refractivity contribution in [2.45, 2.75) is 46.0 Å². The fourth-order valence-electron chi connectivity index (χ4n) is 2.81. The van der Waals surface area contributed by atoms with Gasteiger partial charge < -0.3 is 14.8 Å². The van der Waals surface area contributed by atoms with Gasteiger partial charge in [0.1, 0.15) is 5.75 Å². The number of hydrogen-bond donors (Lipinski definition) is 1. The number of benzene rings is 2. The monoisotopic (exact) mass is 439 g/mol. The summed E-state index contributed by atoms with van der Waals surface area (Å²) in [5, 5.41) is 2.74. The van der Waals surface area contributed by atoms with Crippen molar-refractivity contribution in [1.29, 1.82) is 0 Å². The van der Waals surface area contributed by atoms with E-state index in [1.54, 1.807) is 48.5 Å². The molecule has 1 N–H and O–H groups in total. The summed E-state index contributed by atoms with van der Waals surface area (Å²) in [6, 6.07) is 13.2. The maximum atomic E-state index is 12.2. The van der Waals surface area contributed by atoms with Crippen LogP contribution in [-0.4, -0.2) is 36.7 Å². The van der Waals surface area contributed by atoms with Gasteiger partial charge in [0.05, 0.1) is 13.0 Å². The van der Waals surface area contributed by atoms with E-state index in [2.05, 4.69) is 5.32 Å². The van der Waals surface area contributed by atoms with Gasteiger partial charge in [-0.25, -0.2) is 0 Å². The average molecular weight is 440 g/mol. The second kappa shape index (κ2) is 13.0. The number of Topliss-reactive ketones (excluding diaryl/α,β-unsaturated/α-hetero) is 2. The lowest BCUT2D eigenvalue weighted by atomic mass is 10.1. The van der Waals surface area contributed by atoms with Gasteiger partial charge in [0.25, 0.3) is 0 Å². The van der Waals surface area contributed by atoms with E-state index in [-0.39, 0.29) is 30.3 Å². The van der Waals surface area contributed by atoms with Crippen molar-refractivity contribution in [3.8, 4) is 5.75 Å². The molecular formula is C25H29NO6. The number of esters is 1. The summed E-state index contributed by atoms with van der Waals surface area (Å²) in [6.45, 7) is 4.13. The van der Waals surface area contributed by atoms with Crippen LogP contribution in [0.25, 0.3) is 0 Å². The van der Waals surface area contributed by atoms with Crippen LogP contribution in [0.3, 0.4) is 0 Å². The van der Waals surface area contributed by atoms with E-state index in [0.29, 0.717) is 35.6 Å². The number of rotatable bonds is 13. The second-order valence-electron chi connectivity index (χ2n) is 7.26. The van der Waals surface area contributed by atoms with Crippen LogP contribution in [0, 0.1) is 0 Å². The van der Waals surface area contributed by atoms with Crippen LogP contribution in [0.4, 0.5) is 5.69 Å². The Morgan fingerprint density at radius 2 is 1.38 bits per heavy atom. The minimum Gasteiger partial charge on any atom is -0.494 e. The van der Waals surface area contributed by atoms with Crippen LogP contribution in [-0.2, 0) is 14.3 Å². The molecule has 0 atom stereocenters. The highest BCUT2D eigenvalue weighted by atomic mass is 16.5. The third-order valence-electron chi connectivity index (χ3n) is 4.54. The Hall–Kier alpha value is -3.48. The van der Waals surface area contributed by atoms with Crippen molar-refractivity contribution in [2.24, 2.45) is 0 Å². The second-order valence-corrected chi connectivity index (χ2v) is 7.26. The van der Waals surface area contributed by atoms with Crippen LogP contribution >= 0.6 is 0 Å². The Bertz CT molecular complexity index is 918. The number of amides is 1. The normalized spacial score (nSPS) is 10.3. The Labute approximate surface area is 188 Å². The van der Waals surface area contributed by atoms with Crippen molar-refractivity contribution >= 4 is 29.1 Å². The summed E-state index contributed by atoms with van der Waals surface area (Å²) < 4.78 is 10.5. The molecule has 0 bridgehead atoms. The summed E-state index contributed by atoms with van der Waals surface area (Å²) in [7, 11) is 0. The highest BCUT2D eigenvalue weighted by Gasteiger charge is 2.13. The van der Waals surface area contributed by atoms with Gasteiger partial charge in [-0.05, 0) is 61.4 Å². The maximum Gasteiger partial charge on any atom is 0.306 e. The summed E-state index contributed by atoms with van der Waals surface area (Å²) in [5.74, 6) is -0.554. The van der Waals surface area contributed by atoms with E-state index in [1.807, 2.05) is 13.8 Å². The van der Waals surface area contributed by atoms with E-state index in [9.17, 15) is 19.2 Å². The van der Waals surface area contributed by atoms with Crippen LogP contribution in [0.5, 0.6) is 5.75 Å². The molecule has 0 unspecified atom stereocenters. The zero-order valence-corrected chi connectivity index (χ0v) is 18.5. The van der Waals surface area contributed by atoms with Crippen LogP contribution in [0.2, 0.25) is 0 Å². The topological polar surface area (TPSA) is 98.8 Å². The van der Waals surface area contributed by atoms with Crippen LogP contribution in [0.1, 0.15) is 66.7 Å². The molecule has 0 spiro atoms. The van der Waals surface area contributed by atoms with Gasteiger partial charge in [-0.2, -0.15) is 0 Å². The number of nitrogens with one attached hydrogen (secondary N) is 1. The van der Waals surface area contributed by atoms with Crippen molar-refractivity contribution < 1.29 is 28.7 Å². The molecule has 7 nitrogen and oxygen atoms in total. The molecule has 2 rings (SSSR count). The summed E-state index contributed by atoms with van der Waals surface area (Å²) in [6.07, 6.45) is 1.96. The summed E-state index contributed by atoms with van der Waals surface area (Å²) >= 11 is 0. The zero-order valence-electron chi connectivity index (χ0n) is 18.5. The van der Waals surface area contributed by atoms with E-state index in [0.717, 1.165) is 12.8 Å². The zero-order chi connectivity index (χ0) is 23.3. The Morgan fingerprint density at radius 1 is 0.750 bits per heavy atom. The van der Waals surface area contributed by atoms with Gasteiger partial charge in [0.15, 0.2) is 18.2 Å². The number of hydrogen-bond acceptors (Lipinski definition) is 6. The summed E-state index contributed by atoms with van der Waals surface area (Å²) in [4.78, 5) is 48.0. The van der Waals surface area contributed by atoms with Crippen molar-refractivity contribution in [3.63, 3.8) is 0 Å². The molecule has 0 heterocycles. The first-order valence-corrected chi connectivity index (χ1v) is 10.8. The Balaban J connectivity index is 1.74. The fourth-order valence-corrected chi connectivity index (χ4v) is 2.81. The Kier molecular flexibility index (Phi) is 10.1. The molecular weight excluding hydrogens is 410 g/mol. The molecule has 0 fully saturated rings. The number of carbonyl (C=O) groups is 4. The molecule has 0 saturated heterocycles. The van der Waals surface area contributed by atoms with Gasteiger partial charge in [-0.15, -0.1) is 0 Å². The standard InChI is InChI=1S/C25H29NO6/c1-3-5-24(29)26-20-10-6-19(7-11-20)23(28)17-32-25(30)15-14-22(27)18-8-12-21(13-9-18)31-16-4-2/h6-13H,3-5,14-17H2,1-2H3,(H,26,29). The lowest BCUT2D eigenvalue weighted by molar-refractivity contribution is -0.142. The van der Waals surface area contributed by atoms with E-state index in [1.165, 1.54) is 0 Å². The third-order valence-corrected chi connectivity index (χ3v) is 4.54. The van der Waals surface area contributed by atoms with Gasteiger partial charge in [0.2, 0.25) is 5.91 Å². The van der Waals surface area contributed by atoms with Crippen molar-refractivity contribution in [1.82, 2.24) is 0 Å². The molecule has 0 saturated carbocycles. The Morgan fingerprint density at radius 3 is 2.00 bits per heavy atom. The van der Waals surface area contributed by atoms with Gasteiger partial charge >= 0.3 is 5.97 Å². The summed E-state index contributed by atoms with van der Waals surface area (Å²) in [5.41, 5.74) is 1.46. The number of ketones is 2. The van der Waals surface area contributed by atoms with E-state index in [4.69, 9.17) is 9.47 Å². The first-order chi connectivity index (χ1) is 15.4. The van der Waals surface area contributed by atoms with E-state index >= 15 is 0 Å². The number of anilines is 1. The SMILES string of the molecule is CCCOc1ccc(C(=O)CCC(=O)OCC(=O)c2ccc(NC(=O)CCC)cc2)cc1.